The van der Waals surface area contributed by atoms with Crippen LogP contribution in [0.25, 0.3) is 0 Å². The Labute approximate surface area is 65.3 Å². The number of rotatable bonds is 2. The van der Waals surface area contributed by atoms with Crippen molar-refractivity contribution in [2.24, 2.45) is 11.5 Å². The van der Waals surface area contributed by atoms with Gasteiger partial charge in [0.05, 0.1) is 5.54 Å². The summed E-state index contributed by atoms with van der Waals surface area (Å²) in [6, 6.07) is 0.366. The van der Waals surface area contributed by atoms with Gasteiger partial charge in [0.2, 0.25) is 5.91 Å². The van der Waals surface area contributed by atoms with Crippen LogP contribution in [-0.2, 0) is 4.79 Å². The molecule has 0 spiro atoms. The fraction of sp³-hybridized carbons (Fsp3) is 0.857. The third-order valence-electron chi connectivity index (χ3n) is 2.40. The van der Waals surface area contributed by atoms with E-state index in [9.17, 15) is 4.79 Å². The van der Waals surface area contributed by atoms with E-state index < -0.39 is 5.54 Å². The third-order valence-corrected chi connectivity index (χ3v) is 2.40. The smallest absolute Gasteiger partial charge is 0.240 e. The highest BCUT2D eigenvalue weighted by molar-refractivity contribution is 5.89. The zero-order valence-corrected chi connectivity index (χ0v) is 6.34. The van der Waals surface area contributed by atoms with Crippen molar-refractivity contribution in [3.05, 3.63) is 0 Å². The van der Waals surface area contributed by atoms with E-state index in [1.807, 2.05) is 0 Å². The molecule has 2 aliphatic carbocycles. The molecule has 11 heavy (non-hydrogen) atoms. The molecule has 0 aromatic carbocycles. The van der Waals surface area contributed by atoms with Gasteiger partial charge in [0.25, 0.3) is 0 Å². The summed E-state index contributed by atoms with van der Waals surface area (Å²) in [6.07, 6.45) is 2.55. The normalized spacial score (nSPS) is 38.0. The first-order chi connectivity index (χ1) is 5.12. The number of nitrogens with two attached hydrogens (primary N) is 2. The third kappa shape index (κ3) is 1.23. The summed E-state index contributed by atoms with van der Waals surface area (Å²) in [5, 5.41) is 2.82. The number of carbonyl (C=O) groups is 1. The fourth-order valence-corrected chi connectivity index (χ4v) is 1.05. The Balaban J connectivity index is 1.82. The van der Waals surface area contributed by atoms with Gasteiger partial charge in [-0.1, -0.05) is 0 Å². The molecule has 2 unspecified atom stereocenters. The molecular formula is C7H13N3O. The molecule has 2 rings (SSSR count). The van der Waals surface area contributed by atoms with Crippen molar-refractivity contribution in [1.82, 2.24) is 5.32 Å². The second kappa shape index (κ2) is 1.95. The maximum absolute atomic E-state index is 11.2. The summed E-state index contributed by atoms with van der Waals surface area (Å²) in [5.41, 5.74) is 10.6. The van der Waals surface area contributed by atoms with Crippen LogP contribution in [-0.4, -0.2) is 23.5 Å². The van der Waals surface area contributed by atoms with Crippen molar-refractivity contribution in [3.8, 4) is 0 Å². The van der Waals surface area contributed by atoms with Crippen LogP contribution < -0.4 is 16.8 Å². The van der Waals surface area contributed by atoms with Gasteiger partial charge in [-0.15, -0.1) is 0 Å². The van der Waals surface area contributed by atoms with E-state index in [2.05, 4.69) is 5.32 Å². The fourth-order valence-electron chi connectivity index (χ4n) is 1.05. The highest BCUT2D eigenvalue weighted by atomic mass is 16.2. The number of amides is 1. The van der Waals surface area contributed by atoms with Crippen molar-refractivity contribution < 1.29 is 4.79 Å². The number of hydrogen-bond acceptors (Lipinski definition) is 3. The van der Waals surface area contributed by atoms with E-state index >= 15 is 0 Å². The highest BCUT2D eigenvalue weighted by Gasteiger charge is 2.48. The summed E-state index contributed by atoms with van der Waals surface area (Å²) >= 11 is 0. The van der Waals surface area contributed by atoms with Gasteiger partial charge in [-0.3, -0.25) is 4.79 Å². The summed E-state index contributed by atoms with van der Waals surface area (Å²) < 4.78 is 0. The Morgan fingerprint density at radius 3 is 2.45 bits per heavy atom. The zero-order valence-electron chi connectivity index (χ0n) is 6.34. The first kappa shape index (κ1) is 7.06. The second-order valence-corrected chi connectivity index (χ2v) is 3.64. The molecular weight excluding hydrogens is 142 g/mol. The van der Waals surface area contributed by atoms with Gasteiger partial charge in [0.1, 0.15) is 0 Å². The first-order valence-electron chi connectivity index (χ1n) is 3.97. The minimum absolute atomic E-state index is 0.0181. The molecule has 2 atom stereocenters. The lowest BCUT2D eigenvalue weighted by Gasteiger charge is -2.08. The van der Waals surface area contributed by atoms with Crippen molar-refractivity contribution >= 4 is 5.91 Å². The van der Waals surface area contributed by atoms with Gasteiger partial charge >= 0.3 is 0 Å². The summed E-state index contributed by atoms with van der Waals surface area (Å²) in [7, 11) is 0. The van der Waals surface area contributed by atoms with Gasteiger partial charge in [-0.2, -0.15) is 0 Å². The van der Waals surface area contributed by atoms with E-state index in [0.717, 1.165) is 19.3 Å². The van der Waals surface area contributed by atoms with Gasteiger partial charge < -0.3 is 16.8 Å². The molecule has 0 saturated heterocycles. The van der Waals surface area contributed by atoms with E-state index in [1.165, 1.54) is 0 Å². The molecule has 0 bridgehead atoms. The lowest BCUT2D eigenvalue weighted by atomic mass is 10.3. The quantitative estimate of drug-likeness (QED) is 0.463. The Hall–Kier alpha value is -0.610. The number of nitrogens with one attached hydrogen (secondary N) is 1. The van der Waals surface area contributed by atoms with E-state index in [1.54, 1.807) is 0 Å². The minimum Gasteiger partial charge on any atom is -0.350 e. The average molecular weight is 155 g/mol. The lowest BCUT2D eigenvalue weighted by molar-refractivity contribution is -0.123. The molecule has 4 heteroatoms. The molecule has 62 valence electrons. The highest BCUT2D eigenvalue weighted by Crippen LogP contribution is 2.33. The van der Waals surface area contributed by atoms with E-state index in [0.29, 0.717) is 0 Å². The summed E-state index contributed by atoms with van der Waals surface area (Å²) in [6.45, 7) is 0. The van der Waals surface area contributed by atoms with Gasteiger partial charge in [0, 0.05) is 12.1 Å². The lowest BCUT2D eigenvalue weighted by Crippen LogP contribution is -2.44. The Bertz CT molecular complexity index is 200. The van der Waals surface area contributed by atoms with Crippen molar-refractivity contribution in [2.45, 2.75) is 36.9 Å². The molecule has 2 fully saturated rings. The topological polar surface area (TPSA) is 81.1 Å². The summed E-state index contributed by atoms with van der Waals surface area (Å²) in [5.74, 6) is -0.0181. The maximum Gasteiger partial charge on any atom is 0.240 e. The van der Waals surface area contributed by atoms with Crippen molar-refractivity contribution in [1.29, 1.82) is 0 Å². The molecule has 1 amide bonds. The standard InChI is InChI=1S/C7H13N3O/c8-4-3-5(4)10-6(11)7(9)1-2-7/h4-5H,1-3,8-9H2,(H,10,11). The molecule has 5 N–H and O–H groups in total. The Morgan fingerprint density at radius 1 is 1.55 bits per heavy atom. The second-order valence-electron chi connectivity index (χ2n) is 3.64. The largest absolute Gasteiger partial charge is 0.350 e. The summed E-state index contributed by atoms with van der Waals surface area (Å²) in [4.78, 5) is 11.2. The zero-order chi connectivity index (χ0) is 8.06. The molecule has 0 heterocycles. The monoisotopic (exact) mass is 155 g/mol. The van der Waals surface area contributed by atoms with Crippen LogP contribution in [0.15, 0.2) is 0 Å². The van der Waals surface area contributed by atoms with Crippen LogP contribution in [0.5, 0.6) is 0 Å². The van der Waals surface area contributed by atoms with Crippen LogP contribution >= 0.6 is 0 Å². The van der Waals surface area contributed by atoms with Crippen LogP contribution in [0.3, 0.4) is 0 Å². The number of hydrogen-bond donors (Lipinski definition) is 3. The van der Waals surface area contributed by atoms with Crippen LogP contribution in [0.2, 0.25) is 0 Å². The molecule has 2 saturated carbocycles. The predicted octanol–water partition coefficient (Wildman–Crippen LogP) is -1.31. The SMILES string of the molecule is NC1CC1NC(=O)C1(N)CC1. The molecule has 0 aliphatic heterocycles. The number of carbonyl (C=O) groups excluding carboxylic acids is 1. The van der Waals surface area contributed by atoms with E-state index in [-0.39, 0.29) is 18.0 Å². The van der Waals surface area contributed by atoms with Crippen LogP contribution in [0, 0.1) is 0 Å². The molecule has 4 nitrogen and oxygen atoms in total. The first-order valence-corrected chi connectivity index (χ1v) is 3.97. The Morgan fingerprint density at radius 2 is 2.09 bits per heavy atom. The van der Waals surface area contributed by atoms with E-state index in [4.69, 9.17) is 11.5 Å². The molecule has 0 aromatic rings. The molecule has 0 aromatic heterocycles. The predicted molar refractivity (Wildman–Crippen MR) is 40.7 cm³/mol. The van der Waals surface area contributed by atoms with Gasteiger partial charge in [-0.25, -0.2) is 0 Å². The van der Waals surface area contributed by atoms with Crippen LogP contribution in [0.4, 0.5) is 0 Å². The van der Waals surface area contributed by atoms with Crippen molar-refractivity contribution in [2.75, 3.05) is 0 Å². The molecule has 0 radical (unpaired) electrons. The van der Waals surface area contributed by atoms with Gasteiger partial charge in [-0.05, 0) is 19.3 Å². The Kier molecular flexibility index (Phi) is 1.25. The van der Waals surface area contributed by atoms with Crippen LogP contribution in [0.1, 0.15) is 19.3 Å². The van der Waals surface area contributed by atoms with Gasteiger partial charge in [0.15, 0.2) is 0 Å². The minimum atomic E-state index is -0.539. The van der Waals surface area contributed by atoms with Crippen molar-refractivity contribution in [3.63, 3.8) is 0 Å². The maximum atomic E-state index is 11.2. The molecule has 2 aliphatic rings. The average Bonchev–Trinajstić information content (AvgIpc) is 2.77.